The predicted molar refractivity (Wildman–Crippen MR) is 132 cm³/mol. The molecule has 258 valence electrons. The molecule has 13 N–H and O–H groups in total. The van der Waals surface area contributed by atoms with Gasteiger partial charge in [0.15, 0.2) is 25.2 Å². The van der Waals surface area contributed by atoms with Gasteiger partial charge in [-0.05, 0) is 6.92 Å². The Morgan fingerprint density at radius 3 is 1.32 bits per heavy atom. The fourth-order valence-corrected chi connectivity index (χ4v) is 5.47. The lowest BCUT2D eigenvalue weighted by molar-refractivity contribution is -0.391. The number of ether oxygens (including phenoxy) is 7. The van der Waals surface area contributed by atoms with Crippen molar-refractivity contribution in [1.29, 1.82) is 0 Å². The molecule has 4 aliphatic rings. The lowest BCUT2D eigenvalue weighted by Crippen LogP contribution is -2.67. The summed E-state index contributed by atoms with van der Waals surface area (Å²) >= 11 is 0. The smallest absolute Gasteiger partial charge is 0.187 e. The standard InChI is InChI=1S/C24H42O20/c1-5-9(28)19(43-23-15(34)13(32)11(30)7(3-26)41-23)17(36)24(38-5)44-20-16(35)18(8(4-27)39-21(20)37)42-22-14(33)12(31)10(29)6(2-25)40-22/h5-37H,2-4H2,1H3/t5-,6+,7+,8+,9-,10+,11+,12-,13-,14+,15+,16-,17+,18+,19+,20+,21?,22-,23-,24-/m0/s1. The van der Waals surface area contributed by atoms with Gasteiger partial charge in [-0.15, -0.1) is 0 Å². The maximum Gasteiger partial charge on any atom is 0.187 e. The van der Waals surface area contributed by atoms with Gasteiger partial charge in [0.05, 0.1) is 25.9 Å². The quantitative estimate of drug-likeness (QED) is 0.110. The summed E-state index contributed by atoms with van der Waals surface area (Å²) in [4.78, 5) is 0. The van der Waals surface area contributed by atoms with Gasteiger partial charge >= 0.3 is 0 Å². The molecule has 0 aliphatic carbocycles. The molecule has 4 heterocycles. The second kappa shape index (κ2) is 15.0. The Kier molecular flexibility index (Phi) is 12.3. The summed E-state index contributed by atoms with van der Waals surface area (Å²) in [5.41, 5.74) is 0. The molecule has 0 aromatic rings. The number of rotatable bonds is 9. The Balaban J connectivity index is 1.49. The summed E-state index contributed by atoms with van der Waals surface area (Å²) in [7, 11) is 0. The van der Waals surface area contributed by atoms with E-state index in [0.717, 1.165) is 0 Å². The van der Waals surface area contributed by atoms with Crippen molar-refractivity contribution in [3.8, 4) is 0 Å². The molecule has 1 unspecified atom stereocenters. The van der Waals surface area contributed by atoms with Gasteiger partial charge in [-0.1, -0.05) is 0 Å². The number of hydrogen-bond acceptors (Lipinski definition) is 20. The lowest BCUT2D eigenvalue weighted by Gasteiger charge is -2.48. The zero-order valence-corrected chi connectivity index (χ0v) is 23.3. The molecule has 0 radical (unpaired) electrons. The maximum absolute atomic E-state index is 11.1. The topological polar surface area (TPSA) is 328 Å². The monoisotopic (exact) mass is 650 g/mol. The first-order chi connectivity index (χ1) is 20.7. The van der Waals surface area contributed by atoms with Crippen LogP contribution in [0.5, 0.6) is 0 Å². The van der Waals surface area contributed by atoms with Crippen LogP contribution in [0.25, 0.3) is 0 Å². The Hall–Kier alpha value is -0.800. The third-order valence-electron chi connectivity index (χ3n) is 8.17. The van der Waals surface area contributed by atoms with Crippen molar-refractivity contribution in [2.24, 2.45) is 0 Å². The van der Waals surface area contributed by atoms with Crippen LogP contribution in [-0.2, 0) is 33.2 Å². The molecule has 20 heteroatoms. The van der Waals surface area contributed by atoms with Crippen molar-refractivity contribution in [3.63, 3.8) is 0 Å². The van der Waals surface area contributed by atoms with Crippen LogP contribution in [0, 0.1) is 0 Å². The average molecular weight is 651 g/mol. The van der Waals surface area contributed by atoms with Gasteiger partial charge in [-0.2, -0.15) is 0 Å². The van der Waals surface area contributed by atoms with E-state index >= 15 is 0 Å². The van der Waals surface area contributed by atoms with Gasteiger partial charge in [-0.25, -0.2) is 0 Å². The SMILES string of the molecule is C[C@@H]1O[C@@H](O[C@H]2C(O)O[C@H](CO)[C@@H](O[C@@H]3O[C@H](CO)[C@@H](O)[C@H](O)[C@H]3O)[C@@H]2O)[C@H](O)[C@H](O[C@@H]2O[C@H](CO)[C@@H](O)[C@H](O)[C@H]2O)[C@H]1O. The molecule has 0 amide bonds. The van der Waals surface area contributed by atoms with E-state index in [2.05, 4.69) is 0 Å². The highest BCUT2D eigenvalue weighted by Crippen LogP contribution is 2.34. The minimum Gasteiger partial charge on any atom is -0.394 e. The van der Waals surface area contributed by atoms with E-state index in [4.69, 9.17) is 33.2 Å². The first-order valence-corrected chi connectivity index (χ1v) is 14.0. The second-order valence-corrected chi connectivity index (χ2v) is 11.1. The summed E-state index contributed by atoms with van der Waals surface area (Å²) in [6, 6.07) is 0. The fraction of sp³-hybridized carbons (Fsp3) is 1.00. The average Bonchev–Trinajstić information content (AvgIpc) is 3.00. The minimum absolute atomic E-state index is 0.773. The van der Waals surface area contributed by atoms with Crippen LogP contribution in [0.4, 0.5) is 0 Å². The molecule has 20 atom stereocenters. The fourth-order valence-electron chi connectivity index (χ4n) is 5.47. The van der Waals surface area contributed by atoms with Crippen LogP contribution < -0.4 is 0 Å². The molecule has 0 aromatic heterocycles. The Morgan fingerprint density at radius 1 is 0.409 bits per heavy atom. The summed E-state index contributed by atoms with van der Waals surface area (Å²) in [6.07, 6.45) is -34.1. The van der Waals surface area contributed by atoms with E-state index in [0.29, 0.717) is 0 Å². The highest BCUT2D eigenvalue weighted by Gasteiger charge is 2.54. The lowest BCUT2D eigenvalue weighted by atomic mass is 9.96. The van der Waals surface area contributed by atoms with Crippen molar-refractivity contribution >= 4 is 0 Å². The predicted octanol–water partition coefficient (Wildman–Crippen LogP) is -8.72. The highest BCUT2D eigenvalue weighted by atomic mass is 16.8. The number of aliphatic hydroxyl groups excluding tert-OH is 13. The van der Waals surface area contributed by atoms with Gasteiger partial charge in [0.1, 0.15) is 91.6 Å². The molecule has 0 aromatic carbocycles. The molecular formula is C24H42O20. The van der Waals surface area contributed by atoms with Crippen molar-refractivity contribution in [3.05, 3.63) is 0 Å². The van der Waals surface area contributed by atoms with Gasteiger partial charge in [-0.3, -0.25) is 0 Å². The molecule has 4 fully saturated rings. The maximum atomic E-state index is 11.1. The van der Waals surface area contributed by atoms with Crippen LogP contribution in [0.15, 0.2) is 0 Å². The van der Waals surface area contributed by atoms with Crippen LogP contribution in [0.3, 0.4) is 0 Å². The molecule has 0 saturated carbocycles. The molecule has 4 saturated heterocycles. The van der Waals surface area contributed by atoms with E-state index in [9.17, 15) is 66.4 Å². The number of aliphatic hydroxyl groups is 13. The van der Waals surface area contributed by atoms with Crippen molar-refractivity contribution in [2.45, 2.75) is 130 Å². The number of hydrogen-bond donors (Lipinski definition) is 13. The van der Waals surface area contributed by atoms with Crippen LogP contribution in [0.1, 0.15) is 6.92 Å². The van der Waals surface area contributed by atoms with E-state index in [1.807, 2.05) is 0 Å². The molecule has 44 heavy (non-hydrogen) atoms. The zero-order valence-electron chi connectivity index (χ0n) is 23.3. The van der Waals surface area contributed by atoms with Gasteiger partial charge < -0.3 is 99.5 Å². The summed E-state index contributed by atoms with van der Waals surface area (Å²) in [5.74, 6) is 0. The van der Waals surface area contributed by atoms with Crippen molar-refractivity contribution in [2.75, 3.05) is 19.8 Å². The molecular weight excluding hydrogens is 608 g/mol. The van der Waals surface area contributed by atoms with Crippen LogP contribution >= 0.6 is 0 Å². The first kappa shape index (κ1) is 36.0. The molecule has 0 bridgehead atoms. The van der Waals surface area contributed by atoms with Gasteiger partial charge in [0, 0.05) is 0 Å². The van der Waals surface area contributed by atoms with Crippen molar-refractivity contribution < 1.29 is 99.5 Å². The Labute approximate surface area is 249 Å². The third kappa shape index (κ3) is 7.05. The molecule has 0 spiro atoms. The Bertz CT molecular complexity index is 898. The summed E-state index contributed by atoms with van der Waals surface area (Å²) < 4.78 is 38.1. The molecule has 4 aliphatic heterocycles. The molecule has 4 rings (SSSR count). The van der Waals surface area contributed by atoms with E-state index < -0.39 is 143 Å². The second-order valence-electron chi connectivity index (χ2n) is 11.1. The van der Waals surface area contributed by atoms with Crippen LogP contribution in [0.2, 0.25) is 0 Å². The first-order valence-electron chi connectivity index (χ1n) is 14.0. The minimum atomic E-state index is -1.99. The highest BCUT2D eigenvalue weighted by molar-refractivity contribution is 4.97. The third-order valence-corrected chi connectivity index (χ3v) is 8.17. The van der Waals surface area contributed by atoms with E-state index in [1.54, 1.807) is 0 Å². The summed E-state index contributed by atoms with van der Waals surface area (Å²) in [6.45, 7) is -1.06. The normalized spacial score (nSPS) is 53.9. The van der Waals surface area contributed by atoms with E-state index in [1.165, 1.54) is 6.92 Å². The van der Waals surface area contributed by atoms with Gasteiger partial charge in [0.2, 0.25) is 0 Å². The molecule has 20 nitrogen and oxygen atoms in total. The van der Waals surface area contributed by atoms with Crippen LogP contribution in [-0.4, -0.2) is 209 Å². The summed E-state index contributed by atoms with van der Waals surface area (Å²) in [5, 5.41) is 133. The van der Waals surface area contributed by atoms with E-state index in [-0.39, 0.29) is 0 Å². The largest absolute Gasteiger partial charge is 0.394 e. The van der Waals surface area contributed by atoms with Crippen molar-refractivity contribution in [1.82, 2.24) is 0 Å². The Morgan fingerprint density at radius 2 is 0.841 bits per heavy atom. The zero-order chi connectivity index (χ0) is 32.6. The van der Waals surface area contributed by atoms with Gasteiger partial charge in [0.25, 0.3) is 0 Å².